The lowest BCUT2D eigenvalue weighted by Gasteiger charge is -2.32. The molecule has 0 aromatic carbocycles. The van der Waals surface area contributed by atoms with E-state index in [0.717, 1.165) is 6.42 Å². The summed E-state index contributed by atoms with van der Waals surface area (Å²) in [5.74, 6) is -1.48. The number of halogens is 1. The van der Waals surface area contributed by atoms with Gasteiger partial charge in [-0.1, -0.05) is 0 Å². The van der Waals surface area contributed by atoms with Crippen molar-refractivity contribution < 1.29 is 20.4 Å². The summed E-state index contributed by atoms with van der Waals surface area (Å²) in [4.78, 5) is 10.7. The van der Waals surface area contributed by atoms with Crippen molar-refractivity contribution in [3.05, 3.63) is 0 Å². The summed E-state index contributed by atoms with van der Waals surface area (Å²) in [5, 5.41) is 10.6. The number of carboxylic acid groups (broad SMARTS) is 1. The number of carbonyl (C=O) groups is 1. The highest BCUT2D eigenvalue weighted by Gasteiger charge is 2.29. The van der Waals surface area contributed by atoms with Crippen LogP contribution in [0.15, 0.2) is 0 Å². The summed E-state index contributed by atoms with van der Waals surface area (Å²) in [6.07, 6.45) is 1.66. The van der Waals surface area contributed by atoms with Gasteiger partial charge >= 0.3 is 0 Å². The van der Waals surface area contributed by atoms with E-state index in [1.165, 1.54) is 0 Å². The molecule has 1 aliphatic carbocycles. The second-order valence-corrected chi connectivity index (χ2v) is 5.00. The number of carbonyl (C=O) groups excluding carboxylic acids is 1. The first kappa shape index (κ1) is 12.7. The first-order valence-electron chi connectivity index (χ1n) is 5.28. The monoisotopic (exact) mass is 235 g/mol. The molecule has 0 aromatic rings. The fourth-order valence-corrected chi connectivity index (χ4v) is 2.24. The van der Waals surface area contributed by atoms with Gasteiger partial charge in [0.25, 0.3) is 0 Å². The molecule has 4 unspecified atom stereocenters. The molecule has 1 rings (SSSR count). The largest absolute Gasteiger partial charge is 0.550 e. The van der Waals surface area contributed by atoms with Crippen LogP contribution >= 0.6 is 11.6 Å². The van der Waals surface area contributed by atoms with Crippen molar-refractivity contribution in [3.63, 3.8) is 0 Å². The van der Waals surface area contributed by atoms with Crippen molar-refractivity contribution in [2.75, 3.05) is 6.61 Å². The summed E-state index contributed by atoms with van der Waals surface area (Å²) in [6, 6.07) is 0.210. The third-order valence-electron chi connectivity index (χ3n) is 2.56. The van der Waals surface area contributed by atoms with Crippen LogP contribution in [-0.2, 0) is 9.53 Å². The number of quaternary nitrogens is 1. The zero-order valence-electron chi connectivity index (χ0n) is 8.95. The molecule has 0 amide bonds. The zero-order chi connectivity index (χ0) is 11.4. The summed E-state index contributed by atoms with van der Waals surface area (Å²) >= 11 is 5.98. The average Bonchev–Trinajstić information content (AvgIpc) is 2.13. The van der Waals surface area contributed by atoms with Crippen LogP contribution < -0.4 is 10.8 Å². The van der Waals surface area contributed by atoms with Gasteiger partial charge in [0.05, 0.1) is 12.7 Å². The fraction of sp³-hybridized carbons (Fsp3) is 0.900. The van der Waals surface area contributed by atoms with Gasteiger partial charge in [0.15, 0.2) is 0 Å². The predicted molar refractivity (Wildman–Crippen MR) is 54.1 cm³/mol. The molecule has 0 heterocycles. The first-order valence-corrected chi connectivity index (χ1v) is 5.72. The number of alkyl halides is 1. The third kappa shape index (κ3) is 4.36. The Morgan fingerprint density at radius 1 is 1.60 bits per heavy atom. The van der Waals surface area contributed by atoms with Crippen LogP contribution in [-0.4, -0.2) is 30.1 Å². The van der Waals surface area contributed by atoms with Crippen LogP contribution in [0.2, 0.25) is 0 Å². The van der Waals surface area contributed by atoms with Crippen LogP contribution in [0.1, 0.15) is 26.2 Å². The van der Waals surface area contributed by atoms with E-state index in [4.69, 9.17) is 16.3 Å². The molecule has 4 atom stereocenters. The summed E-state index contributed by atoms with van der Waals surface area (Å²) in [6.45, 7) is 2.51. The van der Waals surface area contributed by atoms with Crippen LogP contribution in [0.3, 0.4) is 0 Å². The highest BCUT2D eigenvalue weighted by atomic mass is 35.5. The summed E-state index contributed by atoms with van der Waals surface area (Å²) in [5.41, 5.74) is 3.81. The molecule has 15 heavy (non-hydrogen) atoms. The molecule has 5 heteroatoms. The third-order valence-corrected chi connectivity index (χ3v) is 2.91. The van der Waals surface area contributed by atoms with Crippen LogP contribution in [0, 0.1) is 5.92 Å². The number of rotatable bonds is 4. The lowest BCUT2D eigenvalue weighted by atomic mass is 9.87. The van der Waals surface area contributed by atoms with E-state index in [1.807, 2.05) is 6.92 Å². The molecule has 0 aromatic heterocycles. The second kappa shape index (κ2) is 5.68. The maximum absolute atomic E-state index is 10.7. The van der Waals surface area contributed by atoms with Gasteiger partial charge < -0.3 is 20.4 Å². The van der Waals surface area contributed by atoms with Gasteiger partial charge in [0.1, 0.15) is 6.04 Å². The number of ether oxygens (including phenoxy) is 1. The molecular weight excluding hydrogens is 218 g/mol. The van der Waals surface area contributed by atoms with E-state index in [-0.39, 0.29) is 17.5 Å². The number of aliphatic carboxylic acids is 1. The van der Waals surface area contributed by atoms with E-state index >= 15 is 0 Å². The Hall–Kier alpha value is -0.320. The van der Waals surface area contributed by atoms with Crippen molar-refractivity contribution in [2.45, 2.75) is 43.7 Å². The van der Waals surface area contributed by atoms with E-state index < -0.39 is 11.9 Å². The highest BCUT2D eigenvalue weighted by Crippen LogP contribution is 2.29. The lowest BCUT2D eigenvalue weighted by Crippen LogP contribution is -2.61. The van der Waals surface area contributed by atoms with Crippen molar-refractivity contribution in [1.82, 2.24) is 0 Å². The number of carboxylic acids is 1. The summed E-state index contributed by atoms with van der Waals surface area (Å²) in [7, 11) is 0. The summed E-state index contributed by atoms with van der Waals surface area (Å²) < 4.78 is 5.56. The Labute approximate surface area is 94.7 Å². The van der Waals surface area contributed by atoms with E-state index in [0.29, 0.717) is 19.4 Å². The zero-order valence-corrected chi connectivity index (χ0v) is 9.70. The van der Waals surface area contributed by atoms with Gasteiger partial charge in [-0.2, -0.15) is 0 Å². The van der Waals surface area contributed by atoms with Crippen LogP contribution in [0.4, 0.5) is 0 Å². The lowest BCUT2D eigenvalue weighted by molar-refractivity contribution is -0.422. The van der Waals surface area contributed by atoms with Gasteiger partial charge in [0.2, 0.25) is 0 Å². The maximum atomic E-state index is 10.7. The molecule has 0 radical (unpaired) electrons. The molecule has 1 saturated carbocycles. The first-order chi connectivity index (χ1) is 6.99. The fourth-order valence-electron chi connectivity index (χ4n) is 1.83. The second-order valence-electron chi connectivity index (χ2n) is 4.38. The van der Waals surface area contributed by atoms with Gasteiger partial charge in [-0.3, -0.25) is 0 Å². The van der Waals surface area contributed by atoms with Gasteiger partial charge in [0, 0.05) is 17.3 Å². The molecule has 1 fully saturated rings. The van der Waals surface area contributed by atoms with Crippen molar-refractivity contribution >= 4 is 17.6 Å². The molecule has 0 bridgehead atoms. The molecule has 3 N–H and O–H groups in total. The van der Waals surface area contributed by atoms with E-state index in [9.17, 15) is 9.90 Å². The Morgan fingerprint density at radius 3 is 2.80 bits per heavy atom. The Balaban J connectivity index is 2.41. The van der Waals surface area contributed by atoms with Crippen molar-refractivity contribution in [3.8, 4) is 0 Å². The average molecular weight is 236 g/mol. The molecule has 0 saturated heterocycles. The van der Waals surface area contributed by atoms with Gasteiger partial charge in [-0.05, 0) is 26.2 Å². The molecular formula is C10H18ClNO3. The normalized spacial score (nSPS) is 33.7. The molecule has 4 nitrogen and oxygen atoms in total. The topological polar surface area (TPSA) is 77.0 Å². The Bertz CT molecular complexity index is 223. The van der Waals surface area contributed by atoms with E-state index in [1.54, 1.807) is 0 Å². The van der Waals surface area contributed by atoms with Crippen molar-refractivity contribution in [1.29, 1.82) is 0 Å². The Morgan fingerprint density at radius 2 is 2.27 bits per heavy atom. The van der Waals surface area contributed by atoms with Crippen LogP contribution in [0.5, 0.6) is 0 Å². The van der Waals surface area contributed by atoms with Gasteiger partial charge in [-0.15, -0.1) is 11.6 Å². The molecule has 0 spiro atoms. The standard InChI is InChI=1S/C10H18ClNO3/c1-6(12)5-15-9-3-7(10(13)14)2-8(11)4-9/h6-9H,2-5,12H2,1H3,(H,13,14). The Kier molecular flexibility index (Phi) is 4.83. The quantitative estimate of drug-likeness (QED) is 0.646. The minimum Gasteiger partial charge on any atom is -0.550 e. The van der Waals surface area contributed by atoms with Gasteiger partial charge in [-0.25, -0.2) is 0 Å². The maximum Gasteiger partial charge on any atom is 0.105 e. The molecule has 0 aliphatic heterocycles. The predicted octanol–water partition coefficient (Wildman–Crippen LogP) is -0.841. The van der Waals surface area contributed by atoms with E-state index in [2.05, 4.69) is 5.73 Å². The smallest absolute Gasteiger partial charge is 0.105 e. The van der Waals surface area contributed by atoms with Crippen LogP contribution in [0.25, 0.3) is 0 Å². The number of hydrogen-bond acceptors (Lipinski definition) is 3. The molecule has 88 valence electrons. The molecule has 1 aliphatic rings. The minimum absolute atomic E-state index is 0.0617. The van der Waals surface area contributed by atoms with Crippen molar-refractivity contribution in [2.24, 2.45) is 5.92 Å². The SMILES string of the molecule is CC([NH3+])COC1CC(Cl)CC(C(=O)[O-])C1. The number of hydrogen-bond donors (Lipinski definition) is 1. The minimum atomic E-state index is -1.02. The highest BCUT2D eigenvalue weighted by molar-refractivity contribution is 6.20.